The molecule has 1 fully saturated rings. The van der Waals surface area contributed by atoms with Crippen molar-refractivity contribution in [3.8, 4) is 0 Å². The van der Waals surface area contributed by atoms with Crippen LogP contribution in [0, 0.1) is 0 Å². The Morgan fingerprint density at radius 2 is 2.33 bits per heavy atom. The molecular weight excluding hydrogens is 229 g/mol. The molecular formula is C5H12IN3. The van der Waals surface area contributed by atoms with Gasteiger partial charge < -0.3 is 10.6 Å². The molecule has 1 aliphatic rings. The van der Waals surface area contributed by atoms with Gasteiger partial charge in [0.2, 0.25) is 0 Å². The summed E-state index contributed by atoms with van der Waals surface area (Å²) in [6.07, 6.45) is 0. The van der Waals surface area contributed by atoms with E-state index in [2.05, 4.69) is 38.3 Å². The first kappa shape index (κ1) is 7.71. The number of likely N-dealkylation sites (N-methyl/N-ethyl adjacent to an activating group) is 1. The van der Waals surface area contributed by atoms with Crippen LogP contribution in [0.3, 0.4) is 0 Å². The number of halogens is 1. The molecule has 0 spiro atoms. The third kappa shape index (κ3) is 1.76. The van der Waals surface area contributed by atoms with Crippen molar-refractivity contribution in [3.63, 3.8) is 0 Å². The molecule has 3 nitrogen and oxygen atoms in total. The van der Waals surface area contributed by atoms with E-state index in [1.54, 1.807) is 0 Å². The van der Waals surface area contributed by atoms with Crippen molar-refractivity contribution in [3.05, 3.63) is 0 Å². The summed E-state index contributed by atoms with van der Waals surface area (Å²) in [7, 11) is 2.09. The molecule has 2 atom stereocenters. The maximum absolute atomic E-state index is 5.77. The minimum Gasteiger partial charge on any atom is -0.325 e. The Morgan fingerprint density at radius 1 is 1.67 bits per heavy atom. The first-order valence-electron chi connectivity index (χ1n) is 3.04. The van der Waals surface area contributed by atoms with E-state index in [0.717, 1.165) is 13.1 Å². The summed E-state index contributed by atoms with van der Waals surface area (Å²) in [6.45, 7) is 2.09. The lowest BCUT2D eigenvalue weighted by molar-refractivity contribution is 0.406. The fraction of sp³-hybridized carbons (Fsp3) is 1.00. The number of nitrogens with two attached hydrogens (primary N) is 1. The number of hydrogen-bond acceptors (Lipinski definition) is 3. The van der Waals surface area contributed by atoms with E-state index < -0.39 is 0 Å². The van der Waals surface area contributed by atoms with Gasteiger partial charge >= 0.3 is 0 Å². The van der Waals surface area contributed by atoms with Crippen LogP contribution in [-0.2, 0) is 0 Å². The quantitative estimate of drug-likeness (QED) is 0.483. The van der Waals surface area contributed by atoms with Gasteiger partial charge in [-0.25, -0.2) is 0 Å². The third-order valence-corrected chi connectivity index (χ3v) is 2.49. The maximum atomic E-state index is 5.77. The monoisotopic (exact) mass is 241 g/mol. The summed E-state index contributed by atoms with van der Waals surface area (Å²) in [4.78, 5) is 2.24. The molecule has 0 aromatic carbocycles. The normalized spacial score (nSPS) is 37.7. The average molecular weight is 241 g/mol. The molecule has 1 rings (SSSR count). The van der Waals surface area contributed by atoms with Crippen LogP contribution in [0.15, 0.2) is 0 Å². The summed E-state index contributed by atoms with van der Waals surface area (Å²) < 4.78 is 3.15. The van der Waals surface area contributed by atoms with Gasteiger partial charge in [0.15, 0.2) is 0 Å². The highest BCUT2D eigenvalue weighted by atomic mass is 127. The second kappa shape index (κ2) is 3.14. The largest absolute Gasteiger partial charge is 0.325 e. The van der Waals surface area contributed by atoms with Crippen molar-refractivity contribution < 1.29 is 0 Å². The number of likely N-dealkylation sites (tertiary alicyclic amines) is 1. The van der Waals surface area contributed by atoms with Crippen molar-refractivity contribution in [1.29, 1.82) is 0 Å². The van der Waals surface area contributed by atoms with Crippen LogP contribution in [0.4, 0.5) is 0 Å². The summed E-state index contributed by atoms with van der Waals surface area (Å²) >= 11 is 2.16. The molecule has 9 heavy (non-hydrogen) atoms. The van der Waals surface area contributed by atoms with Crippen molar-refractivity contribution in [1.82, 2.24) is 8.43 Å². The minimum absolute atomic E-state index is 0.312. The molecule has 0 aromatic heterocycles. The Bertz CT molecular complexity index is 98.2. The predicted octanol–water partition coefficient (Wildman–Crippen LogP) is -0.433. The van der Waals surface area contributed by atoms with E-state index >= 15 is 0 Å². The fourth-order valence-electron chi connectivity index (χ4n) is 1.15. The van der Waals surface area contributed by atoms with Gasteiger partial charge in [-0.05, 0) is 7.05 Å². The molecule has 0 radical (unpaired) electrons. The third-order valence-electron chi connectivity index (χ3n) is 1.69. The highest BCUT2D eigenvalue weighted by molar-refractivity contribution is 14.1. The van der Waals surface area contributed by atoms with Crippen LogP contribution in [0.25, 0.3) is 0 Å². The second-order valence-electron chi connectivity index (χ2n) is 2.60. The zero-order valence-electron chi connectivity index (χ0n) is 5.47. The van der Waals surface area contributed by atoms with Gasteiger partial charge in [-0.2, -0.15) is 0 Å². The van der Waals surface area contributed by atoms with Crippen LogP contribution in [-0.4, -0.2) is 37.1 Å². The van der Waals surface area contributed by atoms with E-state index in [4.69, 9.17) is 5.73 Å². The zero-order chi connectivity index (χ0) is 6.85. The lowest BCUT2D eigenvalue weighted by atomic mass is 10.2. The molecule has 3 N–H and O–H groups in total. The van der Waals surface area contributed by atoms with Crippen LogP contribution >= 0.6 is 22.9 Å². The van der Waals surface area contributed by atoms with Crippen molar-refractivity contribution in [2.75, 3.05) is 20.1 Å². The van der Waals surface area contributed by atoms with Crippen LogP contribution in [0.1, 0.15) is 0 Å². The molecule has 54 valence electrons. The summed E-state index contributed by atoms with van der Waals surface area (Å²) in [5.74, 6) is 0. The molecule has 0 amide bonds. The molecule has 4 heteroatoms. The molecule has 0 aliphatic carbocycles. The molecule has 0 bridgehead atoms. The lowest BCUT2D eigenvalue weighted by Gasteiger charge is -2.09. The van der Waals surface area contributed by atoms with Crippen molar-refractivity contribution in [2.45, 2.75) is 12.1 Å². The molecule has 0 saturated carbocycles. The van der Waals surface area contributed by atoms with Gasteiger partial charge in [0.1, 0.15) is 0 Å². The topological polar surface area (TPSA) is 41.3 Å². The van der Waals surface area contributed by atoms with Crippen molar-refractivity contribution >= 4 is 22.9 Å². The molecule has 0 aromatic rings. The van der Waals surface area contributed by atoms with Gasteiger partial charge in [-0.3, -0.25) is 3.53 Å². The van der Waals surface area contributed by atoms with Gasteiger partial charge in [0.05, 0.1) is 0 Å². The molecule has 1 saturated heterocycles. The number of rotatable bonds is 1. The second-order valence-corrected chi connectivity index (χ2v) is 3.22. The highest BCUT2D eigenvalue weighted by Gasteiger charge is 2.26. The Hall–Kier alpha value is 0.610. The van der Waals surface area contributed by atoms with Gasteiger partial charge in [0.25, 0.3) is 0 Å². The van der Waals surface area contributed by atoms with Crippen LogP contribution in [0.2, 0.25) is 0 Å². The van der Waals surface area contributed by atoms with Gasteiger partial charge in [0, 0.05) is 48.0 Å². The van der Waals surface area contributed by atoms with E-state index in [0.29, 0.717) is 12.1 Å². The Morgan fingerprint density at radius 3 is 2.56 bits per heavy atom. The number of hydrogen-bond donors (Lipinski definition) is 2. The van der Waals surface area contributed by atoms with Gasteiger partial charge in [-0.15, -0.1) is 0 Å². The van der Waals surface area contributed by atoms with Gasteiger partial charge in [-0.1, -0.05) is 0 Å². The number of nitrogens with one attached hydrogen (secondary N) is 1. The van der Waals surface area contributed by atoms with E-state index in [9.17, 15) is 0 Å². The standard InChI is InChI=1S/C5H12IN3/c1-9-2-4(7)5(3-9)8-6/h4-5,8H,2-3,7H2,1H3/t4?,5-/m1/s1. The fourth-order valence-corrected chi connectivity index (χ4v) is 1.81. The Balaban J connectivity index is 2.38. The number of nitrogens with zero attached hydrogens (tertiary/aromatic N) is 1. The summed E-state index contributed by atoms with van der Waals surface area (Å²) in [5.41, 5.74) is 5.77. The van der Waals surface area contributed by atoms with E-state index in [-0.39, 0.29) is 0 Å². The predicted molar refractivity (Wildman–Crippen MR) is 46.4 cm³/mol. The van der Waals surface area contributed by atoms with E-state index in [1.165, 1.54) is 0 Å². The Labute approximate surface area is 69.5 Å². The van der Waals surface area contributed by atoms with Crippen LogP contribution in [0.5, 0.6) is 0 Å². The zero-order valence-corrected chi connectivity index (χ0v) is 7.63. The SMILES string of the molecule is CN1CC(N)[C@H](NI)C1. The Kier molecular flexibility index (Phi) is 2.69. The van der Waals surface area contributed by atoms with Crippen molar-refractivity contribution in [2.24, 2.45) is 5.73 Å². The lowest BCUT2D eigenvalue weighted by Crippen LogP contribution is -2.39. The molecule has 1 heterocycles. The summed E-state index contributed by atoms with van der Waals surface area (Å²) in [5, 5.41) is 0. The van der Waals surface area contributed by atoms with Crippen LogP contribution < -0.4 is 9.26 Å². The van der Waals surface area contributed by atoms with E-state index in [1.807, 2.05) is 0 Å². The molecule has 1 unspecified atom stereocenters. The first-order valence-corrected chi connectivity index (χ1v) is 4.12. The smallest absolute Gasteiger partial charge is 0.0454 e. The minimum atomic E-state index is 0.312. The first-order chi connectivity index (χ1) is 4.24. The highest BCUT2D eigenvalue weighted by Crippen LogP contribution is 2.05. The summed E-state index contributed by atoms with van der Waals surface area (Å²) in [6, 6.07) is 0.794. The maximum Gasteiger partial charge on any atom is 0.0454 e. The average Bonchev–Trinajstić information content (AvgIpc) is 2.10. The molecule has 1 aliphatic heterocycles.